The summed E-state index contributed by atoms with van der Waals surface area (Å²) < 4.78 is 5.35. The van der Waals surface area contributed by atoms with Crippen LogP contribution in [0.15, 0.2) is 15.6 Å². The fourth-order valence-corrected chi connectivity index (χ4v) is 3.00. The molecule has 0 aromatic carbocycles. The molecule has 0 bridgehead atoms. The predicted molar refractivity (Wildman–Crippen MR) is 109 cm³/mol. The first-order valence-corrected chi connectivity index (χ1v) is 8.78. The van der Waals surface area contributed by atoms with Crippen LogP contribution in [-0.4, -0.2) is 48.7 Å². The molecule has 2 heterocycles. The molecule has 1 aromatic rings. The van der Waals surface area contributed by atoms with Gasteiger partial charge in [0.1, 0.15) is 0 Å². The van der Waals surface area contributed by atoms with E-state index in [9.17, 15) is 0 Å². The largest absolute Gasteiger partial charge is 0.359 e. The minimum atomic E-state index is 0. The minimum absolute atomic E-state index is 0. The molecule has 0 radical (unpaired) electrons. The Morgan fingerprint density at radius 1 is 1.42 bits per heavy atom. The summed E-state index contributed by atoms with van der Waals surface area (Å²) in [5.74, 6) is 2.04. The van der Waals surface area contributed by atoms with Crippen LogP contribution in [0.1, 0.15) is 57.4 Å². The molecule has 1 aromatic heterocycles. The van der Waals surface area contributed by atoms with Gasteiger partial charge < -0.3 is 15.2 Å². The van der Waals surface area contributed by atoms with Gasteiger partial charge in [-0.1, -0.05) is 32.3 Å². The maximum Gasteiger partial charge on any atom is 0.191 e. The highest BCUT2D eigenvalue weighted by atomic mass is 127. The number of hydrogen-bond acceptors (Lipinski definition) is 4. The predicted octanol–water partition coefficient (Wildman–Crippen LogP) is 2.96. The Bertz CT molecular complexity index is 503. The maximum absolute atomic E-state index is 5.35. The molecule has 0 saturated carbocycles. The van der Waals surface area contributed by atoms with Gasteiger partial charge in [0, 0.05) is 25.7 Å². The van der Waals surface area contributed by atoms with Gasteiger partial charge in [-0.25, -0.2) is 0 Å². The fourth-order valence-electron chi connectivity index (χ4n) is 3.00. The molecule has 1 saturated heterocycles. The van der Waals surface area contributed by atoms with Crippen molar-refractivity contribution in [3.05, 3.63) is 17.5 Å². The van der Waals surface area contributed by atoms with Crippen LogP contribution in [-0.2, 0) is 6.54 Å². The van der Waals surface area contributed by atoms with Crippen LogP contribution >= 0.6 is 24.0 Å². The van der Waals surface area contributed by atoms with E-state index in [1.165, 1.54) is 25.8 Å². The number of piperidine rings is 1. The van der Waals surface area contributed by atoms with Crippen LogP contribution in [0.5, 0.6) is 0 Å². The maximum atomic E-state index is 5.35. The second kappa shape index (κ2) is 10.9. The van der Waals surface area contributed by atoms with Crippen LogP contribution in [0.4, 0.5) is 0 Å². The standard InChI is InChI=1S/C17H31N5O.HI/c1-5-22-9-7-6-8-14(22)11-19-17(18-4)20-12-15-10-16(13(2)3)21-23-15;/h10,13-14H,5-9,11-12H2,1-4H3,(H2,18,19,20);1H. The van der Waals surface area contributed by atoms with Crippen molar-refractivity contribution in [1.82, 2.24) is 20.7 Å². The third-order valence-electron chi connectivity index (χ3n) is 4.48. The number of aromatic nitrogens is 1. The third kappa shape index (κ3) is 6.23. The topological polar surface area (TPSA) is 65.7 Å². The summed E-state index contributed by atoms with van der Waals surface area (Å²) in [6, 6.07) is 2.61. The summed E-state index contributed by atoms with van der Waals surface area (Å²) in [4.78, 5) is 6.84. The Balaban J connectivity index is 0.00000288. The Morgan fingerprint density at radius 2 is 2.21 bits per heavy atom. The monoisotopic (exact) mass is 449 g/mol. The van der Waals surface area contributed by atoms with Gasteiger partial charge in [-0.05, 0) is 31.8 Å². The molecular formula is C17H32IN5O. The molecule has 138 valence electrons. The van der Waals surface area contributed by atoms with Gasteiger partial charge in [-0.2, -0.15) is 0 Å². The lowest BCUT2D eigenvalue weighted by Gasteiger charge is -2.35. The van der Waals surface area contributed by atoms with Crippen LogP contribution in [0.3, 0.4) is 0 Å². The summed E-state index contributed by atoms with van der Waals surface area (Å²) in [5.41, 5.74) is 0.991. The first-order chi connectivity index (χ1) is 11.1. The molecule has 2 N–H and O–H groups in total. The molecule has 1 unspecified atom stereocenters. The van der Waals surface area contributed by atoms with Gasteiger partial charge in [0.2, 0.25) is 0 Å². The molecule has 1 atom stereocenters. The van der Waals surface area contributed by atoms with E-state index in [0.29, 0.717) is 18.5 Å². The molecule has 1 fully saturated rings. The lowest BCUT2D eigenvalue weighted by atomic mass is 10.0. The highest BCUT2D eigenvalue weighted by Crippen LogP contribution is 2.16. The number of likely N-dealkylation sites (tertiary alicyclic amines) is 1. The zero-order chi connectivity index (χ0) is 16.7. The van der Waals surface area contributed by atoms with Crippen LogP contribution < -0.4 is 10.6 Å². The molecule has 1 aliphatic heterocycles. The average molecular weight is 449 g/mol. The van der Waals surface area contributed by atoms with Crippen LogP contribution in [0.25, 0.3) is 0 Å². The van der Waals surface area contributed by atoms with Gasteiger partial charge in [0.05, 0.1) is 12.2 Å². The van der Waals surface area contributed by atoms with Gasteiger partial charge in [-0.3, -0.25) is 9.89 Å². The van der Waals surface area contributed by atoms with E-state index < -0.39 is 0 Å². The summed E-state index contributed by atoms with van der Waals surface area (Å²) in [5, 5.41) is 10.8. The quantitative estimate of drug-likeness (QED) is 0.397. The number of aliphatic imine (C=N–C) groups is 1. The first kappa shape index (κ1) is 21.2. The Kier molecular flexibility index (Phi) is 9.65. The Morgan fingerprint density at radius 3 is 2.83 bits per heavy atom. The van der Waals surface area contributed by atoms with Crippen molar-refractivity contribution >= 4 is 29.9 Å². The van der Waals surface area contributed by atoms with E-state index in [1.807, 2.05) is 6.07 Å². The fraction of sp³-hybridized carbons (Fsp3) is 0.765. The molecule has 6 nitrogen and oxygen atoms in total. The number of nitrogens with one attached hydrogen (secondary N) is 2. The van der Waals surface area contributed by atoms with E-state index in [-0.39, 0.29) is 24.0 Å². The molecule has 24 heavy (non-hydrogen) atoms. The molecule has 0 amide bonds. The van der Waals surface area contributed by atoms with Crippen LogP contribution in [0, 0.1) is 0 Å². The number of halogens is 1. The van der Waals surface area contributed by atoms with E-state index in [0.717, 1.165) is 30.5 Å². The number of nitrogens with zero attached hydrogens (tertiary/aromatic N) is 3. The normalized spacial score (nSPS) is 19.2. The van der Waals surface area contributed by atoms with Gasteiger partial charge in [0.25, 0.3) is 0 Å². The number of rotatable bonds is 6. The molecule has 7 heteroatoms. The van der Waals surface area contributed by atoms with Crippen molar-refractivity contribution < 1.29 is 4.52 Å². The van der Waals surface area contributed by atoms with Crippen molar-refractivity contribution in [2.24, 2.45) is 4.99 Å². The lowest BCUT2D eigenvalue weighted by molar-refractivity contribution is 0.157. The average Bonchev–Trinajstić information content (AvgIpc) is 3.04. The Labute approximate surface area is 162 Å². The van der Waals surface area contributed by atoms with E-state index in [2.05, 4.69) is 46.5 Å². The zero-order valence-electron chi connectivity index (χ0n) is 15.3. The smallest absolute Gasteiger partial charge is 0.191 e. The van der Waals surface area contributed by atoms with Crippen molar-refractivity contribution in [1.29, 1.82) is 0 Å². The van der Waals surface area contributed by atoms with E-state index >= 15 is 0 Å². The summed E-state index contributed by atoms with van der Waals surface area (Å²) in [6.07, 6.45) is 3.91. The lowest BCUT2D eigenvalue weighted by Crippen LogP contribution is -2.48. The highest BCUT2D eigenvalue weighted by Gasteiger charge is 2.20. The van der Waals surface area contributed by atoms with Crippen molar-refractivity contribution in [2.75, 3.05) is 26.7 Å². The molecule has 2 rings (SSSR count). The minimum Gasteiger partial charge on any atom is -0.359 e. The van der Waals surface area contributed by atoms with Crippen molar-refractivity contribution in [2.45, 2.75) is 58.5 Å². The molecule has 0 aliphatic carbocycles. The highest BCUT2D eigenvalue weighted by molar-refractivity contribution is 14.0. The van der Waals surface area contributed by atoms with E-state index in [4.69, 9.17) is 4.52 Å². The van der Waals surface area contributed by atoms with E-state index in [1.54, 1.807) is 7.05 Å². The molecule has 0 spiro atoms. The van der Waals surface area contributed by atoms with Crippen LogP contribution in [0.2, 0.25) is 0 Å². The summed E-state index contributed by atoms with van der Waals surface area (Å²) >= 11 is 0. The van der Waals surface area contributed by atoms with Gasteiger partial charge in [0.15, 0.2) is 11.7 Å². The Hall–Kier alpha value is -0.830. The van der Waals surface area contributed by atoms with Gasteiger partial charge >= 0.3 is 0 Å². The SMILES string of the molecule is CCN1CCCCC1CNC(=NC)NCc1cc(C(C)C)no1.I. The number of likely N-dealkylation sites (N-methyl/N-ethyl adjacent to an activating group) is 1. The van der Waals surface area contributed by atoms with Crippen molar-refractivity contribution in [3.63, 3.8) is 0 Å². The number of guanidine groups is 1. The second-order valence-corrected chi connectivity index (χ2v) is 6.46. The first-order valence-electron chi connectivity index (χ1n) is 8.78. The van der Waals surface area contributed by atoms with Gasteiger partial charge in [-0.15, -0.1) is 24.0 Å². The molecule has 1 aliphatic rings. The number of hydrogen-bond donors (Lipinski definition) is 2. The summed E-state index contributed by atoms with van der Waals surface area (Å²) in [6.45, 7) is 10.3. The summed E-state index contributed by atoms with van der Waals surface area (Å²) in [7, 11) is 1.80. The third-order valence-corrected chi connectivity index (χ3v) is 4.48. The second-order valence-electron chi connectivity index (χ2n) is 6.46. The molecular weight excluding hydrogens is 417 g/mol. The van der Waals surface area contributed by atoms with Crippen molar-refractivity contribution in [3.8, 4) is 0 Å². The zero-order valence-corrected chi connectivity index (χ0v) is 17.7.